The molecule has 0 aliphatic carbocycles. The van der Waals surface area contributed by atoms with Crippen LogP contribution in [0, 0.1) is 0 Å². The maximum absolute atomic E-state index is 5.88. The number of hydrogen-bond donors (Lipinski definition) is 1. The standard InChI is InChI=1S/C13H16ClN3/c1-15-7-2-9-17-10-8-16-13(17)11-3-5-12(14)6-4-11/h3-6,8,10,15H,2,7,9H2,1H3. The highest BCUT2D eigenvalue weighted by molar-refractivity contribution is 6.30. The summed E-state index contributed by atoms with van der Waals surface area (Å²) < 4.78 is 2.17. The third kappa shape index (κ3) is 3.08. The molecule has 0 spiro atoms. The first kappa shape index (κ1) is 12.1. The van der Waals surface area contributed by atoms with Crippen molar-refractivity contribution in [3.8, 4) is 11.4 Å². The molecular weight excluding hydrogens is 234 g/mol. The highest BCUT2D eigenvalue weighted by atomic mass is 35.5. The number of imidazole rings is 1. The Morgan fingerprint density at radius 1 is 1.29 bits per heavy atom. The van der Waals surface area contributed by atoms with Crippen LogP contribution in [0.1, 0.15) is 6.42 Å². The fourth-order valence-electron chi connectivity index (χ4n) is 1.78. The minimum Gasteiger partial charge on any atom is -0.331 e. The summed E-state index contributed by atoms with van der Waals surface area (Å²) in [7, 11) is 1.97. The van der Waals surface area contributed by atoms with E-state index in [1.165, 1.54) is 0 Å². The Morgan fingerprint density at radius 3 is 2.76 bits per heavy atom. The molecular formula is C13H16ClN3. The van der Waals surface area contributed by atoms with Crippen LogP contribution in [-0.2, 0) is 6.54 Å². The number of aromatic nitrogens is 2. The Hall–Kier alpha value is -1.32. The van der Waals surface area contributed by atoms with Crippen LogP contribution in [0.4, 0.5) is 0 Å². The smallest absolute Gasteiger partial charge is 0.139 e. The predicted octanol–water partition coefficient (Wildman–Crippen LogP) is 2.81. The van der Waals surface area contributed by atoms with E-state index in [-0.39, 0.29) is 0 Å². The first-order chi connectivity index (χ1) is 8.31. The van der Waals surface area contributed by atoms with Gasteiger partial charge in [-0.1, -0.05) is 11.6 Å². The van der Waals surface area contributed by atoms with Crippen LogP contribution in [0.5, 0.6) is 0 Å². The van der Waals surface area contributed by atoms with E-state index in [1.807, 2.05) is 43.7 Å². The summed E-state index contributed by atoms with van der Waals surface area (Å²) in [5, 5.41) is 3.90. The summed E-state index contributed by atoms with van der Waals surface area (Å²) in [6.07, 6.45) is 4.94. The Bertz CT molecular complexity index is 462. The molecule has 0 fully saturated rings. The molecule has 1 aromatic carbocycles. The number of hydrogen-bond acceptors (Lipinski definition) is 2. The lowest BCUT2D eigenvalue weighted by Crippen LogP contribution is -2.11. The number of aryl methyl sites for hydroxylation is 1. The summed E-state index contributed by atoms with van der Waals surface area (Å²) in [6, 6.07) is 7.78. The molecule has 2 rings (SSSR count). The third-order valence-electron chi connectivity index (χ3n) is 2.64. The molecule has 0 amide bonds. The molecule has 17 heavy (non-hydrogen) atoms. The van der Waals surface area contributed by atoms with Crippen LogP contribution in [-0.4, -0.2) is 23.1 Å². The summed E-state index contributed by atoms with van der Waals surface area (Å²) in [5.41, 5.74) is 1.10. The number of benzene rings is 1. The van der Waals surface area contributed by atoms with Gasteiger partial charge in [-0.3, -0.25) is 0 Å². The van der Waals surface area contributed by atoms with Gasteiger partial charge in [0, 0.05) is 29.5 Å². The van der Waals surface area contributed by atoms with Crippen molar-refractivity contribution in [2.75, 3.05) is 13.6 Å². The fourth-order valence-corrected chi connectivity index (χ4v) is 1.90. The lowest BCUT2D eigenvalue weighted by Gasteiger charge is -2.07. The van der Waals surface area contributed by atoms with E-state index in [0.29, 0.717) is 0 Å². The van der Waals surface area contributed by atoms with E-state index >= 15 is 0 Å². The maximum atomic E-state index is 5.88. The zero-order valence-corrected chi connectivity index (χ0v) is 10.6. The van der Waals surface area contributed by atoms with Crippen LogP contribution in [0.2, 0.25) is 5.02 Å². The Morgan fingerprint density at radius 2 is 2.06 bits per heavy atom. The van der Waals surface area contributed by atoms with Crippen LogP contribution in [0.25, 0.3) is 11.4 Å². The molecule has 0 bridgehead atoms. The summed E-state index contributed by atoms with van der Waals surface area (Å²) in [6.45, 7) is 1.98. The molecule has 1 N–H and O–H groups in total. The molecule has 1 heterocycles. The Labute approximate surface area is 106 Å². The van der Waals surface area contributed by atoms with Crippen LogP contribution >= 0.6 is 11.6 Å². The van der Waals surface area contributed by atoms with Gasteiger partial charge in [0.05, 0.1) is 0 Å². The van der Waals surface area contributed by atoms with Crippen molar-refractivity contribution < 1.29 is 0 Å². The molecule has 0 aliphatic rings. The zero-order valence-electron chi connectivity index (χ0n) is 9.86. The number of rotatable bonds is 5. The van der Waals surface area contributed by atoms with Crippen molar-refractivity contribution in [2.24, 2.45) is 0 Å². The molecule has 90 valence electrons. The first-order valence-electron chi connectivity index (χ1n) is 5.73. The minimum absolute atomic E-state index is 0.752. The van der Waals surface area contributed by atoms with Crippen molar-refractivity contribution in [3.63, 3.8) is 0 Å². The molecule has 1 aromatic heterocycles. The average molecular weight is 250 g/mol. The van der Waals surface area contributed by atoms with Crippen LogP contribution in [0.15, 0.2) is 36.7 Å². The van der Waals surface area contributed by atoms with Gasteiger partial charge >= 0.3 is 0 Å². The second-order valence-electron chi connectivity index (χ2n) is 3.91. The average Bonchev–Trinajstić information content (AvgIpc) is 2.79. The molecule has 0 aliphatic heterocycles. The molecule has 0 atom stereocenters. The lowest BCUT2D eigenvalue weighted by atomic mass is 10.2. The van der Waals surface area contributed by atoms with Gasteiger partial charge in [-0.15, -0.1) is 0 Å². The van der Waals surface area contributed by atoms with Crippen molar-refractivity contribution in [2.45, 2.75) is 13.0 Å². The monoisotopic (exact) mass is 249 g/mol. The molecule has 0 radical (unpaired) electrons. The lowest BCUT2D eigenvalue weighted by molar-refractivity contribution is 0.617. The highest BCUT2D eigenvalue weighted by Crippen LogP contribution is 2.20. The molecule has 0 saturated heterocycles. The molecule has 0 saturated carbocycles. The fraction of sp³-hybridized carbons (Fsp3) is 0.308. The van der Waals surface area contributed by atoms with Crippen molar-refractivity contribution in [1.29, 1.82) is 0 Å². The van der Waals surface area contributed by atoms with Crippen LogP contribution < -0.4 is 5.32 Å². The molecule has 2 aromatic rings. The molecule has 0 unspecified atom stereocenters. The predicted molar refractivity (Wildman–Crippen MR) is 71.2 cm³/mol. The van der Waals surface area contributed by atoms with Gasteiger partial charge in [-0.05, 0) is 44.3 Å². The Kier molecular flexibility index (Phi) is 4.18. The zero-order chi connectivity index (χ0) is 12.1. The maximum Gasteiger partial charge on any atom is 0.139 e. The largest absolute Gasteiger partial charge is 0.331 e. The molecule has 4 heteroatoms. The minimum atomic E-state index is 0.752. The van der Waals surface area contributed by atoms with Crippen molar-refractivity contribution in [1.82, 2.24) is 14.9 Å². The second kappa shape index (κ2) is 5.84. The second-order valence-corrected chi connectivity index (χ2v) is 4.34. The van der Waals surface area contributed by atoms with Gasteiger partial charge in [-0.25, -0.2) is 4.98 Å². The normalized spacial score (nSPS) is 10.7. The summed E-state index contributed by atoms with van der Waals surface area (Å²) in [4.78, 5) is 4.39. The number of nitrogens with zero attached hydrogens (tertiary/aromatic N) is 2. The van der Waals surface area contributed by atoms with Gasteiger partial charge < -0.3 is 9.88 Å². The highest BCUT2D eigenvalue weighted by Gasteiger charge is 2.05. The van der Waals surface area contributed by atoms with E-state index in [4.69, 9.17) is 11.6 Å². The van der Waals surface area contributed by atoms with Crippen LogP contribution in [0.3, 0.4) is 0 Å². The van der Waals surface area contributed by atoms with Gasteiger partial charge in [0.15, 0.2) is 0 Å². The van der Waals surface area contributed by atoms with E-state index in [1.54, 1.807) is 0 Å². The van der Waals surface area contributed by atoms with Crippen molar-refractivity contribution >= 4 is 11.6 Å². The topological polar surface area (TPSA) is 29.9 Å². The SMILES string of the molecule is CNCCCn1ccnc1-c1ccc(Cl)cc1. The van der Waals surface area contributed by atoms with E-state index in [9.17, 15) is 0 Å². The summed E-state index contributed by atoms with van der Waals surface area (Å²) in [5.74, 6) is 0.998. The summed E-state index contributed by atoms with van der Waals surface area (Å²) >= 11 is 5.88. The quantitative estimate of drug-likeness (QED) is 0.826. The number of halogens is 1. The van der Waals surface area contributed by atoms with Gasteiger partial charge in [0.2, 0.25) is 0 Å². The van der Waals surface area contributed by atoms with Gasteiger partial charge in [-0.2, -0.15) is 0 Å². The van der Waals surface area contributed by atoms with Gasteiger partial charge in [0.1, 0.15) is 5.82 Å². The third-order valence-corrected chi connectivity index (χ3v) is 2.90. The van der Waals surface area contributed by atoms with Crippen molar-refractivity contribution in [3.05, 3.63) is 41.7 Å². The molecule has 3 nitrogen and oxygen atoms in total. The van der Waals surface area contributed by atoms with E-state index in [0.717, 1.165) is 35.9 Å². The van der Waals surface area contributed by atoms with Gasteiger partial charge in [0.25, 0.3) is 0 Å². The van der Waals surface area contributed by atoms with E-state index in [2.05, 4.69) is 14.9 Å². The van der Waals surface area contributed by atoms with E-state index < -0.39 is 0 Å². The Balaban J connectivity index is 2.15. The number of nitrogens with one attached hydrogen (secondary N) is 1. The first-order valence-corrected chi connectivity index (χ1v) is 6.11.